The van der Waals surface area contributed by atoms with Crippen molar-refractivity contribution in [3.63, 3.8) is 0 Å². The van der Waals surface area contributed by atoms with E-state index in [-0.39, 0.29) is 6.10 Å². The number of hydrogen-bond acceptors (Lipinski definition) is 4. The van der Waals surface area contributed by atoms with E-state index in [1.165, 1.54) is 11.1 Å². The molecular weight excluding hydrogens is 390 g/mol. The predicted octanol–water partition coefficient (Wildman–Crippen LogP) is 6.17. The molecule has 0 aliphatic heterocycles. The Morgan fingerprint density at radius 1 is 1.18 bits per heavy atom. The minimum Gasteiger partial charge on any atom is -0.483 e. The summed E-state index contributed by atoms with van der Waals surface area (Å²) in [5.74, 6) is 2.39. The van der Waals surface area contributed by atoms with Crippen molar-refractivity contribution in [2.24, 2.45) is 0 Å². The molecule has 0 aliphatic carbocycles. The van der Waals surface area contributed by atoms with E-state index in [2.05, 4.69) is 47.3 Å². The van der Waals surface area contributed by atoms with Gasteiger partial charge in [-0.15, -0.1) is 16.8 Å². The van der Waals surface area contributed by atoms with Crippen LogP contribution in [0.1, 0.15) is 35.5 Å². The van der Waals surface area contributed by atoms with Gasteiger partial charge in [0.2, 0.25) is 0 Å². The number of thioether (sulfide) groups is 1. The first-order valence-corrected chi connectivity index (χ1v) is 10.5. The first-order valence-electron chi connectivity index (χ1n) is 9.12. The fourth-order valence-electron chi connectivity index (χ4n) is 3.04. The molecule has 6 heteroatoms. The molecule has 0 radical (unpaired) electrons. The SMILES string of the molecule is C=CCn1c(SCc2cccc(Cl)c2)nnc1C(C)Oc1cc(C)cc(C)c1. The van der Waals surface area contributed by atoms with Crippen LogP contribution >= 0.6 is 23.4 Å². The summed E-state index contributed by atoms with van der Waals surface area (Å²) in [7, 11) is 0. The molecule has 0 amide bonds. The second kappa shape index (κ2) is 9.30. The van der Waals surface area contributed by atoms with Gasteiger partial charge in [0.1, 0.15) is 5.75 Å². The maximum atomic E-state index is 6.16. The molecule has 0 N–H and O–H groups in total. The van der Waals surface area contributed by atoms with Crippen molar-refractivity contribution in [2.75, 3.05) is 0 Å². The first-order chi connectivity index (χ1) is 13.5. The molecule has 0 spiro atoms. The summed E-state index contributed by atoms with van der Waals surface area (Å²) in [5.41, 5.74) is 3.49. The van der Waals surface area contributed by atoms with Gasteiger partial charge in [0.15, 0.2) is 17.1 Å². The van der Waals surface area contributed by atoms with Crippen LogP contribution in [0.4, 0.5) is 0 Å². The fourth-order valence-corrected chi connectivity index (χ4v) is 4.15. The van der Waals surface area contributed by atoms with Gasteiger partial charge in [0.05, 0.1) is 0 Å². The Morgan fingerprint density at radius 3 is 2.61 bits per heavy atom. The van der Waals surface area contributed by atoms with Crippen LogP contribution in [0, 0.1) is 13.8 Å². The fraction of sp³-hybridized carbons (Fsp3) is 0.273. The zero-order valence-electron chi connectivity index (χ0n) is 16.4. The summed E-state index contributed by atoms with van der Waals surface area (Å²) >= 11 is 7.71. The zero-order valence-corrected chi connectivity index (χ0v) is 17.9. The van der Waals surface area contributed by atoms with Crippen molar-refractivity contribution in [3.05, 3.63) is 82.7 Å². The highest BCUT2D eigenvalue weighted by Crippen LogP contribution is 2.28. The summed E-state index contributed by atoms with van der Waals surface area (Å²) in [5, 5.41) is 10.4. The summed E-state index contributed by atoms with van der Waals surface area (Å²) < 4.78 is 8.21. The molecule has 1 heterocycles. The van der Waals surface area contributed by atoms with Gasteiger partial charge < -0.3 is 4.74 Å². The summed E-state index contributed by atoms with van der Waals surface area (Å²) in [6.45, 7) is 10.6. The lowest BCUT2D eigenvalue weighted by atomic mass is 10.1. The van der Waals surface area contributed by atoms with Crippen LogP contribution in [-0.4, -0.2) is 14.8 Å². The van der Waals surface area contributed by atoms with Crippen LogP contribution in [0.25, 0.3) is 0 Å². The maximum Gasteiger partial charge on any atom is 0.191 e. The van der Waals surface area contributed by atoms with Gasteiger partial charge in [0, 0.05) is 17.3 Å². The van der Waals surface area contributed by atoms with Gasteiger partial charge in [-0.25, -0.2) is 0 Å². The lowest BCUT2D eigenvalue weighted by molar-refractivity contribution is 0.210. The van der Waals surface area contributed by atoms with Gasteiger partial charge >= 0.3 is 0 Å². The molecule has 28 heavy (non-hydrogen) atoms. The van der Waals surface area contributed by atoms with E-state index in [9.17, 15) is 0 Å². The van der Waals surface area contributed by atoms with Crippen LogP contribution in [0.2, 0.25) is 5.02 Å². The van der Waals surface area contributed by atoms with Crippen molar-refractivity contribution in [1.29, 1.82) is 0 Å². The maximum absolute atomic E-state index is 6.16. The molecule has 0 saturated heterocycles. The molecule has 4 nitrogen and oxygen atoms in total. The number of benzene rings is 2. The second-order valence-corrected chi connectivity index (χ2v) is 8.12. The van der Waals surface area contributed by atoms with Crippen molar-refractivity contribution in [3.8, 4) is 5.75 Å². The third-order valence-electron chi connectivity index (χ3n) is 4.19. The van der Waals surface area contributed by atoms with Gasteiger partial charge in [-0.1, -0.05) is 47.6 Å². The van der Waals surface area contributed by atoms with E-state index < -0.39 is 0 Å². The van der Waals surface area contributed by atoms with E-state index in [0.29, 0.717) is 6.54 Å². The standard InChI is InChI=1S/C22H24ClN3OS/c1-5-9-26-21(17(4)27-20-11-15(2)10-16(3)12-20)24-25-22(26)28-14-18-7-6-8-19(23)13-18/h5-8,10-13,17H,1,9,14H2,2-4H3. The molecule has 2 aromatic carbocycles. The van der Waals surface area contributed by atoms with E-state index in [4.69, 9.17) is 16.3 Å². The molecule has 1 aromatic heterocycles. The van der Waals surface area contributed by atoms with Crippen LogP contribution in [0.3, 0.4) is 0 Å². The first kappa shape index (κ1) is 20.5. The number of aromatic nitrogens is 3. The third-order valence-corrected chi connectivity index (χ3v) is 5.46. The van der Waals surface area contributed by atoms with Crippen molar-refractivity contribution in [1.82, 2.24) is 14.8 Å². The summed E-state index contributed by atoms with van der Waals surface area (Å²) in [6, 6.07) is 14.1. The highest BCUT2D eigenvalue weighted by Gasteiger charge is 2.19. The van der Waals surface area contributed by atoms with E-state index in [1.807, 2.05) is 43.3 Å². The average molecular weight is 414 g/mol. The topological polar surface area (TPSA) is 39.9 Å². The molecule has 3 aromatic rings. The largest absolute Gasteiger partial charge is 0.483 e. The molecule has 1 atom stereocenters. The highest BCUT2D eigenvalue weighted by atomic mass is 35.5. The molecular formula is C22H24ClN3OS. The van der Waals surface area contributed by atoms with Gasteiger partial charge in [-0.3, -0.25) is 4.57 Å². The van der Waals surface area contributed by atoms with Crippen LogP contribution < -0.4 is 4.74 Å². The van der Waals surface area contributed by atoms with Crippen LogP contribution in [0.15, 0.2) is 60.3 Å². The normalized spacial score (nSPS) is 12.0. The lowest BCUT2D eigenvalue weighted by Gasteiger charge is -2.16. The van der Waals surface area contributed by atoms with Gasteiger partial charge in [-0.05, 0) is 61.7 Å². The Hall–Kier alpha value is -2.24. The molecule has 3 rings (SSSR count). The Balaban J connectivity index is 1.78. The number of rotatable bonds is 8. The lowest BCUT2D eigenvalue weighted by Crippen LogP contribution is -2.12. The minimum absolute atomic E-state index is 0.228. The Morgan fingerprint density at radius 2 is 1.93 bits per heavy atom. The molecule has 0 saturated carbocycles. The average Bonchev–Trinajstić information content (AvgIpc) is 3.02. The monoisotopic (exact) mass is 413 g/mol. The highest BCUT2D eigenvalue weighted by molar-refractivity contribution is 7.98. The third kappa shape index (κ3) is 5.18. The number of allylic oxidation sites excluding steroid dienone is 1. The van der Waals surface area contributed by atoms with Gasteiger partial charge in [-0.2, -0.15) is 0 Å². The number of aryl methyl sites for hydroxylation is 2. The Kier molecular flexibility index (Phi) is 6.81. The van der Waals surface area contributed by atoms with E-state index in [1.54, 1.807) is 11.8 Å². The molecule has 1 unspecified atom stereocenters. The number of nitrogens with zero attached hydrogens (tertiary/aromatic N) is 3. The number of ether oxygens (including phenoxy) is 1. The minimum atomic E-state index is -0.228. The van der Waals surface area contributed by atoms with Gasteiger partial charge in [0.25, 0.3) is 0 Å². The van der Waals surface area contributed by atoms with Crippen LogP contribution in [-0.2, 0) is 12.3 Å². The molecule has 0 bridgehead atoms. The van der Waals surface area contributed by atoms with Crippen molar-refractivity contribution in [2.45, 2.75) is 44.3 Å². The molecule has 0 fully saturated rings. The van der Waals surface area contributed by atoms with Crippen molar-refractivity contribution >= 4 is 23.4 Å². The second-order valence-electron chi connectivity index (χ2n) is 6.74. The summed E-state index contributed by atoms with van der Waals surface area (Å²) in [4.78, 5) is 0. The zero-order chi connectivity index (χ0) is 20.1. The summed E-state index contributed by atoms with van der Waals surface area (Å²) in [6.07, 6.45) is 1.62. The molecule has 0 aliphatic rings. The quantitative estimate of drug-likeness (QED) is 0.327. The molecule has 146 valence electrons. The Bertz CT molecular complexity index is 950. The van der Waals surface area contributed by atoms with Crippen molar-refractivity contribution < 1.29 is 4.74 Å². The predicted molar refractivity (Wildman–Crippen MR) is 116 cm³/mol. The smallest absolute Gasteiger partial charge is 0.191 e. The number of halogens is 1. The number of hydrogen-bond donors (Lipinski definition) is 0. The van der Waals surface area contributed by atoms with E-state index in [0.717, 1.165) is 33.1 Å². The van der Waals surface area contributed by atoms with E-state index >= 15 is 0 Å². The van der Waals surface area contributed by atoms with Crippen LogP contribution in [0.5, 0.6) is 5.75 Å². The Labute approximate surface area is 175 Å².